The molecule has 8 heteroatoms. The Morgan fingerprint density at radius 3 is 2.89 bits per heavy atom. The number of primary amides is 1. The van der Waals surface area contributed by atoms with Gasteiger partial charge in [-0.05, 0) is 19.1 Å². The molecule has 1 amide bonds. The number of aromatic nitrogens is 4. The molecule has 0 aliphatic heterocycles. The number of nitrogens with two attached hydrogens (primary N) is 1. The van der Waals surface area contributed by atoms with Gasteiger partial charge in [0.2, 0.25) is 5.82 Å². The summed E-state index contributed by atoms with van der Waals surface area (Å²) in [4.78, 5) is 10.9. The van der Waals surface area contributed by atoms with Crippen molar-refractivity contribution in [2.45, 2.75) is 13.0 Å². The molecule has 0 saturated carbocycles. The van der Waals surface area contributed by atoms with Crippen molar-refractivity contribution < 1.29 is 13.9 Å². The lowest BCUT2D eigenvalue weighted by molar-refractivity contribution is 0.0996. The number of nitrogens with one attached hydrogen (secondary N) is 1. The second-order valence-electron chi connectivity index (χ2n) is 3.54. The maximum absolute atomic E-state index is 13.5. The topological polar surface area (TPSA) is 107 Å². The van der Waals surface area contributed by atoms with E-state index in [1.165, 1.54) is 12.1 Å². The van der Waals surface area contributed by atoms with E-state index in [1.54, 1.807) is 6.92 Å². The first-order chi connectivity index (χ1) is 8.58. The summed E-state index contributed by atoms with van der Waals surface area (Å²) < 4.78 is 18.9. The number of hydrogen-bond acceptors (Lipinski definition) is 5. The van der Waals surface area contributed by atoms with Crippen molar-refractivity contribution in [3.63, 3.8) is 0 Å². The molecule has 0 radical (unpaired) electrons. The van der Waals surface area contributed by atoms with E-state index in [2.05, 4.69) is 20.6 Å². The molecule has 1 aromatic carbocycles. The standard InChI is InChI=1S/C10H10FN5O2/c1-5(10-13-15-16-14-10)18-6-2-3-7(9(12)17)8(11)4-6/h2-5H,1H3,(H2,12,17)(H,13,14,15,16). The number of H-pyrrole nitrogens is 1. The van der Waals surface area contributed by atoms with E-state index in [4.69, 9.17) is 10.5 Å². The minimum atomic E-state index is -0.828. The van der Waals surface area contributed by atoms with Crippen LogP contribution in [0.2, 0.25) is 0 Å². The van der Waals surface area contributed by atoms with Crippen LogP contribution >= 0.6 is 0 Å². The fourth-order valence-electron chi connectivity index (χ4n) is 1.37. The largest absolute Gasteiger partial charge is 0.482 e. The molecule has 2 rings (SSSR count). The molecule has 7 nitrogen and oxygen atoms in total. The van der Waals surface area contributed by atoms with Crippen LogP contribution in [0.3, 0.4) is 0 Å². The smallest absolute Gasteiger partial charge is 0.251 e. The molecule has 0 aliphatic rings. The molecule has 1 heterocycles. The average molecular weight is 251 g/mol. The van der Waals surface area contributed by atoms with Crippen LogP contribution in [-0.2, 0) is 0 Å². The SMILES string of the molecule is CC(Oc1ccc(C(N)=O)c(F)c1)c1nn[nH]n1. The van der Waals surface area contributed by atoms with Gasteiger partial charge in [0.1, 0.15) is 11.6 Å². The lowest BCUT2D eigenvalue weighted by Crippen LogP contribution is -2.13. The molecule has 0 bridgehead atoms. The van der Waals surface area contributed by atoms with Gasteiger partial charge < -0.3 is 10.5 Å². The zero-order valence-corrected chi connectivity index (χ0v) is 9.42. The first kappa shape index (κ1) is 12.0. The van der Waals surface area contributed by atoms with Gasteiger partial charge in [-0.25, -0.2) is 4.39 Å². The number of tetrazole rings is 1. The number of carbonyl (C=O) groups excluding carboxylic acids is 1. The highest BCUT2D eigenvalue weighted by Crippen LogP contribution is 2.21. The Kier molecular flexibility index (Phi) is 3.18. The molecule has 3 N–H and O–H groups in total. The van der Waals surface area contributed by atoms with E-state index < -0.39 is 17.8 Å². The van der Waals surface area contributed by atoms with E-state index in [1.807, 2.05) is 0 Å². The van der Waals surface area contributed by atoms with E-state index in [9.17, 15) is 9.18 Å². The highest BCUT2D eigenvalue weighted by atomic mass is 19.1. The third-order valence-corrected chi connectivity index (χ3v) is 2.24. The van der Waals surface area contributed by atoms with Gasteiger partial charge in [-0.15, -0.1) is 10.2 Å². The van der Waals surface area contributed by atoms with E-state index in [-0.39, 0.29) is 11.3 Å². The first-order valence-corrected chi connectivity index (χ1v) is 5.07. The summed E-state index contributed by atoms with van der Waals surface area (Å²) in [6.45, 7) is 1.69. The molecule has 0 spiro atoms. The summed E-state index contributed by atoms with van der Waals surface area (Å²) in [5.74, 6) is -0.977. The third kappa shape index (κ3) is 2.42. The van der Waals surface area contributed by atoms with Crippen LogP contribution in [0.5, 0.6) is 5.75 Å². The normalized spacial score (nSPS) is 12.1. The summed E-state index contributed by atoms with van der Waals surface area (Å²) in [5.41, 5.74) is 4.81. The number of carbonyl (C=O) groups is 1. The number of benzene rings is 1. The molecule has 0 saturated heterocycles. The average Bonchev–Trinajstić information content (AvgIpc) is 2.81. The number of nitrogens with zero attached hydrogens (tertiary/aromatic N) is 3. The molecule has 0 aliphatic carbocycles. The van der Waals surface area contributed by atoms with Crippen molar-refractivity contribution in [3.8, 4) is 5.75 Å². The van der Waals surface area contributed by atoms with Crippen LogP contribution < -0.4 is 10.5 Å². The summed E-state index contributed by atoms with van der Waals surface area (Å²) in [5, 5.41) is 13.2. The summed E-state index contributed by atoms with van der Waals surface area (Å²) in [6.07, 6.45) is -0.498. The molecular formula is C10H10FN5O2. The number of amides is 1. The fraction of sp³-hybridized carbons (Fsp3) is 0.200. The minimum Gasteiger partial charge on any atom is -0.482 e. The highest BCUT2D eigenvalue weighted by molar-refractivity contribution is 5.93. The Morgan fingerprint density at radius 1 is 1.56 bits per heavy atom. The number of halogens is 1. The monoisotopic (exact) mass is 251 g/mol. The van der Waals surface area contributed by atoms with Crippen LogP contribution in [0.25, 0.3) is 0 Å². The predicted octanol–water partition coefficient (Wildman–Crippen LogP) is 0.578. The van der Waals surface area contributed by atoms with E-state index in [0.29, 0.717) is 5.82 Å². The van der Waals surface area contributed by atoms with Gasteiger partial charge in [0.25, 0.3) is 5.91 Å². The van der Waals surface area contributed by atoms with Crippen molar-refractivity contribution in [1.82, 2.24) is 20.6 Å². The van der Waals surface area contributed by atoms with Gasteiger partial charge in [0.15, 0.2) is 6.10 Å². The Bertz CT molecular complexity index is 557. The number of hydrogen-bond donors (Lipinski definition) is 2. The zero-order chi connectivity index (χ0) is 13.1. The predicted molar refractivity (Wildman–Crippen MR) is 58.1 cm³/mol. The van der Waals surface area contributed by atoms with Crippen molar-refractivity contribution in [2.75, 3.05) is 0 Å². The Balaban J connectivity index is 2.15. The van der Waals surface area contributed by atoms with Crippen LogP contribution in [0.1, 0.15) is 29.2 Å². The van der Waals surface area contributed by atoms with Crippen LogP contribution in [0.4, 0.5) is 4.39 Å². The van der Waals surface area contributed by atoms with E-state index >= 15 is 0 Å². The van der Waals surface area contributed by atoms with Crippen LogP contribution in [0, 0.1) is 5.82 Å². The summed E-state index contributed by atoms with van der Waals surface area (Å²) >= 11 is 0. The minimum absolute atomic E-state index is 0.186. The van der Waals surface area contributed by atoms with Crippen LogP contribution in [0.15, 0.2) is 18.2 Å². The number of aromatic amines is 1. The molecule has 94 valence electrons. The first-order valence-electron chi connectivity index (χ1n) is 5.07. The quantitative estimate of drug-likeness (QED) is 0.826. The fourth-order valence-corrected chi connectivity index (χ4v) is 1.37. The van der Waals surface area contributed by atoms with Gasteiger partial charge in [0, 0.05) is 6.07 Å². The van der Waals surface area contributed by atoms with Crippen molar-refractivity contribution in [2.24, 2.45) is 5.73 Å². The van der Waals surface area contributed by atoms with Gasteiger partial charge in [-0.1, -0.05) is 5.21 Å². The second kappa shape index (κ2) is 4.78. The Morgan fingerprint density at radius 2 is 2.33 bits per heavy atom. The zero-order valence-electron chi connectivity index (χ0n) is 9.42. The van der Waals surface area contributed by atoms with Gasteiger partial charge in [0.05, 0.1) is 5.56 Å². The number of ether oxygens (including phenoxy) is 1. The summed E-state index contributed by atoms with van der Waals surface area (Å²) in [7, 11) is 0. The van der Waals surface area contributed by atoms with Crippen LogP contribution in [-0.4, -0.2) is 26.5 Å². The van der Waals surface area contributed by atoms with Gasteiger partial charge >= 0.3 is 0 Å². The van der Waals surface area contributed by atoms with E-state index in [0.717, 1.165) is 6.07 Å². The van der Waals surface area contributed by atoms with Crippen molar-refractivity contribution in [1.29, 1.82) is 0 Å². The Labute approximate surface area is 101 Å². The second-order valence-corrected chi connectivity index (χ2v) is 3.54. The Hall–Kier alpha value is -2.51. The van der Waals surface area contributed by atoms with Gasteiger partial charge in [-0.2, -0.15) is 5.21 Å². The maximum atomic E-state index is 13.5. The molecule has 0 fully saturated rings. The maximum Gasteiger partial charge on any atom is 0.251 e. The third-order valence-electron chi connectivity index (χ3n) is 2.24. The number of rotatable bonds is 4. The van der Waals surface area contributed by atoms with Crippen molar-refractivity contribution >= 4 is 5.91 Å². The molecule has 1 atom stereocenters. The molecule has 2 aromatic rings. The lowest BCUT2D eigenvalue weighted by atomic mass is 10.2. The molecule has 1 unspecified atom stereocenters. The van der Waals surface area contributed by atoms with Crippen molar-refractivity contribution in [3.05, 3.63) is 35.4 Å². The molecule has 18 heavy (non-hydrogen) atoms. The molecular weight excluding hydrogens is 241 g/mol. The van der Waals surface area contributed by atoms with Gasteiger partial charge in [-0.3, -0.25) is 4.79 Å². The highest BCUT2D eigenvalue weighted by Gasteiger charge is 2.14. The molecule has 1 aromatic heterocycles. The summed E-state index contributed by atoms with van der Waals surface area (Å²) in [6, 6.07) is 3.78. The lowest BCUT2D eigenvalue weighted by Gasteiger charge is -2.11.